The maximum absolute atomic E-state index is 11.2. The smallest absolute Gasteiger partial charge is 0.250 e. The van der Waals surface area contributed by atoms with Crippen LogP contribution in [-0.2, 0) is 0 Å². The molecule has 0 atom stereocenters. The fourth-order valence-electron chi connectivity index (χ4n) is 1.55. The molecule has 4 heteroatoms. The summed E-state index contributed by atoms with van der Waals surface area (Å²) in [4.78, 5) is 25.9. The average molecular weight is 226 g/mol. The van der Waals surface area contributed by atoms with E-state index in [9.17, 15) is 9.59 Å². The Kier molecular flexibility index (Phi) is 2.96. The highest BCUT2D eigenvalue weighted by atomic mass is 16.1. The summed E-state index contributed by atoms with van der Waals surface area (Å²) in [6.45, 7) is 0. The van der Waals surface area contributed by atoms with Gasteiger partial charge in [-0.1, -0.05) is 24.3 Å². The van der Waals surface area contributed by atoms with Gasteiger partial charge in [0.15, 0.2) is 0 Å². The van der Waals surface area contributed by atoms with Crippen molar-refractivity contribution in [2.24, 2.45) is 5.73 Å². The Labute approximate surface area is 98.1 Å². The third kappa shape index (κ3) is 2.20. The summed E-state index contributed by atoms with van der Waals surface area (Å²) in [5.41, 5.74) is 7.49. The van der Waals surface area contributed by atoms with Crippen LogP contribution in [0.1, 0.15) is 20.7 Å². The lowest BCUT2D eigenvalue weighted by atomic mass is 10.0. The van der Waals surface area contributed by atoms with Gasteiger partial charge in [0, 0.05) is 17.3 Å². The van der Waals surface area contributed by atoms with Crippen molar-refractivity contribution in [2.45, 2.75) is 0 Å². The standard InChI is InChI=1S/C13H10N2O2/c14-13(17)11-2-1-7-15-12(11)10-5-3-9(8-16)4-6-10/h1-8H,(H2,14,17). The SMILES string of the molecule is NC(=O)c1cccnc1-c1ccc(C=O)cc1. The minimum Gasteiger partial charge on any atom is -0.366 e. The molecule has 1 aromatic heterocycles. The summed E-state index contributed by atoms with van der Waals surface area (Å²) in [5.74, 6) is -0.521. The van der Waals surface area contributed by atoms with Gasteiger partial charge in [-0.25, -0.2) is 0 Å². The maximum Gasteiger partial charge on any atom is 0.250 e. The van der Waals surface area contributed by atoms with E-state index in [0.717, 1.165) is 11.8 Å². The number of primary amides is 1. The first-order valence-electron chi connectivity index (χ1n) is 5.03. The highest BCUT2D eigenvalue weighted by Gasteiger charge is 2.10. The molecule has 2 N–H and O–H groups in total. The van der Waals surface area contributed by atoms with E-state index in [2.05, 4.69) is 4.98 Å². The van der Waals surface area contributed by atoms with E-state index < -0.39 is 5.91 Å². The first kappa shape index (κ1) is 11.0. The van der Waals surface area contributed by atoms with Crippen molar-refractivity contribution in [3.63, 3.8) is 0 Å². The first-order valence-corrected chi connectivity index (χ1v) is 5.03. The summed E-state index contributed by atoms with van der Waals surface area (Å²) in [5, 5.41) is 0. The second kappa shape index (κ2) is 4.57. The molecular formula is C13H10N2O2. The van der Waals surface area contributed by atoms with Gasteiger partial charge in [-0.05, 0) is 12.1 Å². The number of hydrogen-bond donors (Lipinski definition) is 1. The van der Waals surface area contributed by atoms with Gasteiger partial charge < -0.3 is 5.73 Å². The summed E-state index contributed by atoms with van der Waals surface area (Å²) in [6.07, 6.45) is 2.35. The Hall–Kier alpha value is -2.49. The Morgan fingerprint density at radius 2 is 1.88 bits per heavy atom. The minimum absolute atomic E-state index is 0.367. The van der Waals surface area contributed by atoms with Crippen LogP contribution in [0.4, 0.5) is 0 Å². The number of benzene rings is 1. The number of aldehydes is 1. The van der Waals surface area contributed by atoms with Crippen molar-refractivity contribution in [3.8, 4) is 11.3 Å². The Morgan fingerprint density at radius 1 is 1.18 bits per heavy atom. The van der Waals surface area contributed by atoms with Gasteiger partial charge >= 0.3 is 0 Å². The van der Waals surface area contributed by atoms with Gasteiger partial charge in [-0.2, -0.15) is 0 Å². The van der Waals surface area contributed by atoms with Crippen LogP contribution >= 0.6 is 0 Å². The van der Waals surface area contributed by atoms with Crippen molar-refractivity contribution in [1.82, 2.24) is 4.98 Å². The zero-order valence-corrected chi connectivity index (χ0v) is 8.96. The topological polar surface area (TPSA) is 73.1 Å². The van der Waals surface area contributed by atoms with Crippen molar-refractivity contribution in [3.05, 3.63) is 53.7 Å². The van der Waals surface area contributed by atoms with E-state index in [1.54, 1.807) is 42.6 Å². The molecule has 0 bridgehead atoms. The largest absolute Gasteiger partial charge is 0.366 e. The summed E-state index contributed by atoms with van der Waals surface area (Å²) in [6, 6.07) is 10.1. The molecule has 0 spiro atoms. The van der Waals surface area contributed by atoms with Crippen molar-refractivity contribution in [1.29, 1.82) is 0 Å². The lowest BCUT2D eigenvalue weighted by molar-refractivity contribution is 0.1000. The third-order valence-corrected chi connectivity index (χ3v) is 2.39. The fraction of sp³-hybridized carbons (Fsp3) is 0. The number of amides is 1. The predicted molar refractivity (Wildman–Crippen MR) is 63.6 cm³/mol. The number of pyridine rings is 1. The van der Waals surface area contributed by atoms with E-state index in [1.165, 1.54) is 0 Å². The Bertz CT molecular complexity index is 562. The number of carbonyl (C=O) groups excluding carboxylic acids is 2. The van der Waals surface area contributed by atoms with Crippen LogP contribution in [0, 0.1) is 0 Å². The molecule has 2 aromatic rings. The van der Waals surface area contributed by atoms with Crippen LogP contribution < -0.4 is 5.73 Å². The number of nitrogens with zero attached hydrogens (tertiary/aromatic N) is 1. The molecule has 0 saturated heterocycles. The van der Waals surface area contributed by atoms with E-state index in [4.69, 9.17) is 5.73 Å². The average Bonchev–Trinajstić information content (AvgIpc) is 2.39. The van der Waals surface area contributed by atoms with Crippen LogP contribution in [0.3, 0.4) is 0 Å². The lowest BCUT2D eigenvalue weighted by Gasteiger charge is -2.05. The van der Waals surface area contributed by atoms with Crippen LogP contribution in [-0.4, -0.2) is 17.2 Å². The van der Waals surface area contributed by atoms with Gasteiger partial charge in [0.2, 0.25) is 0 Å². The van der Waals surface area contributed by atoms with Gasteiger partial charge in [0.25, 0.3) is 5.91 Å². The zero-order chi connectivity index (χ0) is 12.3. The molecule has 1 amide bonds. The van der Waals surface area contributed by atoms with Crippen LogP contribution in [0.25, 0.3) is 11.3 Å². The molecule has 84 valence electrons. The molecule has 0 aliphatic carbocycles. The number of carbonyl (C=O) groups is 2. The zero-order valence-electron chi connectivity index (χ0n) is 8.96. The number of aromatic nitrogens is 1. The monoisotopic (exact) mass is 226 g/mol. The molecular weight excluding hydrogens is 216 g/mol. The van der Waals surface area contributed by atoms with Crippen LogP contribution in [0.5, 0.6) is 0 Å². The lowest BCUT2D eigenvalue weighted by Crippen LogP contribution is -2.12. The molecule has 1 heterocycles. The predicted octanol–water partition coefficient (Wildman–Crippen LogP) is 1.66. The fourth-order valence-corrected chi connectivity index (χ4v) is 1.55. The second-order valence-electron chi connectivity index (χ2n) is 3.50. The van der Waals surface area contributed by atoms with Gasteiger partial charge in [0.1, 0.15) is 6.29 Å². The maximum atomic E-state index is 11.2. The normalized spacial score (nSPS) is 9.88. The van der Waals surface area contributed by atoms with Crippen molar-refractivity contribution < 1.29 is 9.59 Å². The van der Waals surface area contributed by atoms with Crippen LogP contribution in [0.15, 0.2) is 42.6 Å². The molecule has 4 nitrogen and oxygen atoms in total. The minimum atomic E-state index is -0.521. The number of nitrogens with two attached hydrogens (primary N) is 1. The van der Waals surface area contributed by atoms with Crippen molar-refractivity contribution >= 4 is 12.2 Å². The summed E-state index contributed by atoms with van der Waals surface area (Å²) in [7, 11) is 0. The molecule has 2 rings (SSSR count). The Morgan fingerprint density at radius 3 is 2.47 bits per heavy atom. The first-order chi connectivity index (χ1) is 8.22. The summed E-state index contributed by atoms with van der Waals surface area (Å²) >= 11 is 0. The van der Waals surface area contributed by atoms with Gasteiger partial charge in [-0.3, -0.25) is 14.6 Å². The highest BCUT2D eigenvalue weighted by Crippen LogP contribution is 2.20. The quantitative estimate of drug-likeness (QED) is 0.809. The molecule has 1 aromatic carbocycles. The van der Waals surface area contributed by atoms with E-state index in [-0.39, 0.29) is 0 Å². The number of hydrogen-bond acceptors (Lipinski definition) is 3. The molecule has 0 saturated carbocycles. The van der Waals surface area contributed by atoms with Crippen molar-refractivity contribution in [2.75, 3.05) is 0 Å². The highest BCUT2D eigenvalue weighted by molar-refractivity contribution is 5.98. The molecule has 0 aliphatic heterocycles. The Balaban J connectivity index is 2.52. The van der Waals surface area contributed by atoms with Gasteiger partial charge in [-0.15, -0.1) is 0 Å². The van der Waals surface area contributed by atoms with Crippen LogP contribution in [0.2, 0.25) is 0 Å². The molecule has 0 aliphatic rings. The summed E-state index contributed by atoms with van der Waals surface area (Å²) < 4.78 is 0. The third-order valence-electron chi connectivity index (χ3n) is 2.39. The van der Waals surface area contributed by atoms with Gasteiger partial charge in [0.05, 0.1) is 11.3 Å². The molecule has 17 heavy (non-hydrogen) atoms. The van der Waals surface area contributed by atoms with E-state index >= 15 is 0 Å². The number of rotatable bonds is 3. The molecule has 0 fully saturated rings. The van der Waals surface area contributed by atoms with E-state index in [1.807, 2.05) is 0 Å². The second-order valence-corrected chi connectivity index (χ2v) is 3.50. The van der Waals surface area contributed by atoms with E-state index in [0.29, 0.717) is 16.8 Å². The molecule has 0 radical (unpaired) electrons. The molecule has 0 unspecified atom stereocenters.